The number of anilines is 1. The molecule has 0 radical (unpaired) electrons. The fourth-order valence-electron chi connectivity index (χ4n) is 4.06. The number of nitrogens with one attached hydrogen (secondary N) is 1. The quantitative estimate of drug-likeness (QED) is 0.342. The van der Waals surface area contributed by atoms with Crippen molar-refractivity contribution in [3.63, 3.8) is 0 Å². The van der Waals surface area contributed by atoms with Gasteiger partial charge in [0.15, 0.2) is 5.78 Å². The number of hydrogen-bond acceptors (Lipinski definition) is 7. The van der Waals surface area contributed by atoms with E-state index >= 15 is 0 Å². The predicted octanol–water partition coefficient (Wildman–Crippen LogP) is 5.94. The first-order valence-corrected chi connectivity index (χ1v) is 13.6. The minimum atomic E-state index is -4.84. The standard InChI is InChI=1S/C29H28F3N3O5S/c1-28(2,3)40-27(38)34-22-17-41-25-11-8-20(24(36)13-19-5-4-12-33-15-19)14-23(25)35(26(22)37)16-18-6-9-21(10-7-18)39-29(30,31)32/h4-12,14-15,22H,13,16-17H2,1-3H3,(H,34,38)/t22-/m0/s1. The average Bonchev–Trinajstić information content (AvgIpc) is 3.00. The second kappa shape index (κ2) is 12.2. The van der Waals surface area contributed by atoms with Crippen molar-refractivity contribution < 1.29 is 37.0 Å². The van der Waals surface area contributed by atoms with Gasteiger partial charge in [-0.3, -0.25) is 14.6 Å². The molecular weight excluding hydrogens is 559 g/mol. The molecule has 0 unspecified atom stereocenters. The Bertz CT molecular complexity index is 1410. The largest absolute Gasteiger partial charge is 0.573 e. The lowest BCUT2D eigenvalue weighted by Crippen LogP contribution is -2.50. The number of pyridine rings is 1. The number of thioether (sulfide) groups is 1. The second-order valence-corrected chi connectivity index (χ2v) is 11.3. The Morgan fingerprint density at radius 1 is 1.07 bits per heavy atom. The molecule has 41 heavy (non-hydrogen) atoms. The van der Waals surface area contributed by atoms with Gasteiger partial charge in [0.2, 0.25) is 0 Å². The lowest BCUT2D eigenvalue weighted by molar-refractivity contribution is -0.274. The van der Waals surface area contributed by atoms with Gasteiger partial charge in [0.1, 0.15) is 17.4 Å². The normalized spacial score (nSPS) is 15.5. The molecule has 0 saturated carbocycles. The van der Waals surface area contributed by atoms with Gasteiger partial charge in [0, 0.05) is 35.0 Å². The van der Waals surface area contributed by atoms with Crippen LogP contribution in [0.25, 0.3) is 0 Å². The van der Waals surface area contributed by atoms with Gasteiger partial charge >= 0.3 is 12.5 Å². The lowest BCUT2D eigenvalue weighted by Gasteiger charge is -2.27. The summed E-state index contributed by atoms with van der Waals surface area (Å²) in [6.07, 6.45) is -2.27. The van der Waals surface area contributed by atoms with E-state index in [2.05, 4.69) is 15.0 Å². The van der Waals surface area contributed by atoms with E-state index in [1.807, 2.05) is 0 Å². The van der Waals surface area contributed by atoms with Crippen LogP contribution in [0.5, 0.6) is 5.75 Å². The molecule has 2 amide bonds. The average molecular weight is 588 g/mol. The highest BCUT2D eigenvalue weighted by Gasteiger charge is 2.34. The van der Waals surface area contributed by atoms with Gasteiger partial charge in [0.05, 0.1) is 12.2 Å². The number of ether oxygens (including phenoxy) is 2. The molecule has 0 saturated heterocycles. The number of alkyl halides is 3. The van der Waals surface area contributed by atoms with Crippen LogP contribution in [-0.4, -0.2) is 46.5 Å². The number of hydrogen-bond donors (Lipinski definition) is 1. The summed E-state index contributed by atoms with van der Waals surface area (Å²) in [5.74, 6) is -0.843. The number of amides is 2. The van der Waals surface area contributed by atoms with E-state index in [0.29, 0.717) is 21.7 Å². The summed E-state index contributed by atoms with van der Waals surface area (Å²) in [6, 6.07) is 12.7. The first-order chi connectivity index (χ1) is 19.3. The van der Waals surface area contributed by atoms with Gasteiger partial charge in [0.25, 0.3) is 5.91 Å². The van der Waals surface area contributed by atoms with E-state index in [1.165, 1.54) is 28.8 Å². The minimum absolute atomic E-state index is 0.0363. The molecule has 3 aromatic rings. The van der Waals surface area contributed by atoms with Crippen LogP contribution in [0, 0.1) is 0 Å². The molecule has 216 valence electrons. The van der Waals surface area contributed by atoms with Gasteiger partial charge in [-0.05, 0) is 62.2 Å². The van der Waals surface area contributed by atoms with Crippen molar-refractivity contribution in [1.29, 1.82) is 0 Å². The first-order valence-electron chi connectivity index (χ1n) is 12.6. The second-order valence-electron chi connectivity index (χ2n) is 10.3. The SMILES string of the molecule is CC(C)(C)OC(=O)N[C@H]1CSc2ccc(C(=O)Cc3cccnc3)cc2N(Cc2ccc(OC(F)(F)F)cc2)C1=O. The number of carbonyl (C=O) groups excluding carboxylic acids is 3. The number of benzene rings is 2. The molecule has 0 spiro atoms. The van der Waals surface area contributed by atoms with E-state index < -0.39 is 35.8 Å². The molecular formula is C29H28F3N3O5S. The van der Waals surface area contributed by atoms with E-state index in [4.69, 9.17) is 4.74 Å². The molecule has 2 aromatic carbocycles. The first kappa shape index (κ1) is 29.9. The van der Waals surface area contributed by atoms with Crippen molar-refractivity contribution in [2.24, 2.45) is 0 Å². The molecule has 1 atom stereocenters. The van der Waals surface area contributed by atoms with Gasteiger partial charge < -0.3 is 19.7 Å². The third kappa shape index (κ3) is 8.46. The van der Waals surface area contributed by atoms with E-state index in [1.54, 1.807) is 63.5 Å². The highest BCUT2D eigenvalue weighted by molar-refractivity contribution is 7.99. The van der Waals surface area contributed by atoms with Crippen LogP contribution in [0.15, 0.2) is 71.9 Å². The van der Waals surface area contributed by atoms with Crippen molar-refractivity contribution in [3.8, 4) is 5.75 Å². The number of nitrogens with zero attached hydrogens (tertiary/aromatic N) is 2. The van der Waals surface area contributed by atoms with Gasteiger partial charge in [-0.1, -0.05) is 24.3 Å². The number of carbonyl (C=O) groups is 3. The fourth-order valence-corrected chi connectivity index (χ4v) is 5.11. The zero-order valence-corrected chi connectivity index (χ0v) is 23.3. The van der Waals surface area contributed by atoms with Crippen LogP contribution < -0.4 is 15.0 Å². The van der Waals surface area contributed by atoms with Crippen molar-refractivity contribution in [2.45, 2.75) is 56.6 Å². The summed E-state index contributed by atoms with van der Waals surface area (Å²) in [6.45, 7) is 5.07. The highest BCUT2D eigenvalue weighted by Crippen LogP contribution is 2.37. The molecule has 2 heterocycles. The van der Waals surface area contributed by atoms with Crippen molar-refractivity contribution >= 4 is 35.2 Å². The monoisotopic (exact) mass is 587 g/mol. The molecule has 1 aliphatic rings. The lowest BCUT2D eigenvalue weighted by atomic mass is 10.0. The molecule has 1 aromatic heterocycles. The Labute approximate surface area is 239 Å². The minimum Gasteiger partial charge on any atom is -0.444 e. The maximum atomic E-state index is 13.8. The summed E-state index contributed by atoms with van der Waals surface area (Å²) in [7, 11) is 0. The van der Waals surface area contributed by atoms with Crippen molar-refractivity contribution in [2.75, 3.05) is 10.7 Å². The van der Waals surface area contributed by atoms with Crippen LogP contribution in [-0.2, 0) is 22.5 Å². The Morgan fingerprint density at radius 2 is 1.80 bits per heavy atom. The third-order valence-corrected chi connectivity index (χ3v) is 6.97. The smallest absolute Gasteiger partial charge is 0.444 e. The summed E-state index contributed by atoms with van der Waals surface area (Å²) < 4.78 is 47.1. The number of alkyl carbamates (subject to hydrolysis) is 1. The molecule has 1 N–H and O–H groups in total. The number of Topliss-reactive ketones (excluding diaryl/α,β-unsaturated/α-hetero) is 1. The summed E-state index contributed by atoms with van der Waals surface area (Å²) in [5.41, 5.74) is 1.28. The zero-order valence-electron chi connectivity index (χ0n) is 22.5. The molecule has 1 aliphatic heterocycles. The number of halogens is 3. The molecule has 12 heteroatoms. The summed E-state index contributed by atoms with van der Waals surface area (Å²) in [5, 5.41) is 2.63. The van der Waals surface area contributed by atoms with Crippen LogP contribution in [0.1, 0.15) is 42.3 Å². The molecule has 4 rings (SSSR count). The van der Waals surface area contributed by atoms with Crippen LogP contribution in [0.3, 0.4) is 0 Å². The van der Waals surface area contributed by atoms with Gasteiger partial charge in [-0.2, -0.15) is 0 Å². The summed E-state index contributed by atoms with van der Waals surface area (Å²) >= 11 is 1.33. The van der Waals surface area contributed by atoms with E-state index in [9.17, 15) is 27.6 Å². The van der Waals surface area contributed by atoms with Crippen LogP contribution in [0.2, 0.25) is 0 Å². The topological polar surface area (TPSA) is 97.8 Å². The fraction of sp³-hybridized carbons (Fsp3) is 0.310. The van der Waals surface area contributed by atoms with Crippen LogP contribution in [0.4, 0.5) is 23.7 Å². The van der Waals surface area contributed by atoms with Crippen molar-refractivity contribution in [3.05, 3.63) is 83.7 Å². The van der Waals surface area contributed by atoms with Gasteiger partial charge in [-0.15, -0.1) is 24.9 Å². The van der Waals surface area contributed by atoms with E-state index in [0.717, 1.165) is 17.7 Å². The number of ketones is 1. The van der Waals surface area contributed by atoms with E-state index in [-0.39, 0.29) is 24.5 Å². The Hall–Kier alpha value is -4.06. The maximum absolute atomic E-state index is 13.8. The number of fused-ring (bicyclic) bond motifs is 1. The van der Waals surface area contributed by atoms with Crippen LogP contribution >= 0.6 is 11.8 Å². The predicted molar refractivity (Wildman–Crippen MR) is 147 cm³/mol. The van der Waals surface area contributed by atoms with Gasteiger partial charge in [-0.25, -0.2) is 4.79 Å². The van der Waals surface area contributed by atoms with Crippen molar-refractivity contribution in [1.82, 2.24) is 10.3 Å². The molecule has 0 fully saturated rings. The molecule has 8 nitrogen and oxygen atoms in total. The molecule has 0 bridgehead atoms. The number of aromatic nitrogens is 1. The third-order valence-electron chi connectivity index (χ3n) is 5.82. The zero-order chi connectivity index (χ0) is 29.8. The Kier molecular flexibility index (Phi) is 8.91. The molecule has 0 aliphatic carbocycles. The Balaban J connectivity index is 1.65. The maximum Gasteiger partial charge on any atom is 0.573 e. The number of rotatable bonds is 7. The summed E-state index contributed by atoms with van der Waals surface area (Å²) in [4.78, 5) is 45.6. The highest BCUT2D eigenvalue weighted by atomic mass is 32.2. The Morgan fingerprint density at radius 3 is 2.44 bits per heavy atom.